The topological polar surface area (TPSA) is 0 Å². The minimum atomic E-state index is 1.09. The molecular formula is C16H20. The zero-order valence-electron chi connectivity index (χ0n) is 10.2. The van der Waals surface area contributed by atoms with Gasteiger partial charge in [-0.25, -0.2) is 0 Å². The molecule has 0 bridgehead atoms. The molecule has 84 valence electrons. The van der Waals surface area contributed by atoms with E-state index in [0.717, 1.165) is 18.4 Å². The highest BCUT2D eigenvalue weighted by molar-refractivity contribution is 5.26. The van der Waals surface area contributed by atoms with Crippen molar-refractivity contribution < 1.29 is 0 Å². The smallest absolute Gasteiger partial charge is 0.0238 e. The number of aryl methyl sites for hydroxylation is 1. The highest BCUT2D eigenvalue weighted by atomic mass is 14.0. The molecule has 0 heteroatoms. The molecule has 1 aromatic rings. The van der Waals surface area contributed by atoms with Crippen molar-refractivity contribution in [3.8, 4) is 0 Å². The monoisotopic (exact) mass is 212 g/mol. The summed E-state index contributed by atoms with van der Waals surface area (Å²) in [4.78, 5) is 0. The van der Waals surface area contributed by atoms with Gasteiger partial charge >= 0.3 is 0 Å². The van der Waals surface area contributed by atoms with Gasteiger partial charge in [0.2, 0.25) is 0 Å². The van der Waals surface area contributed by atoms with Gasteiger partial charge in [0.15, 0.2) is 0 Å². The molecule has 0 saturated carbocycles. The van der Waals surface area contributed by atoms with Crippen molar-refractivity contribution in [3.63, 3.8) is 0 Å². The Bertz CT molecular complexity index is 380. The summed E-state index contributed by atoms with van der Waals surface area (Å²) in [5.41, 5.74) is 3.86. The van der Waals surface area contributed by atoms with E-state index < -0.39 is 0 Å². The predicted octanol–water partition coefficient (Wildman–Crippen LogP) is 4.70. The fourth-order valence-electron chi connectivity index (χ4n) is 1.51. The molecule has 0 unspecified atom stereocenters. The summed E-state index contributed by atoms with van der Waals surface area (Å²) >= 11 is 0. The van der Waals surface area contributed by atoms with Crippen LogP contribution < -0.4 is 0 Å². The Morgan fingerprint density at radius 3 is 2.44 bits per heavy atom. The second-order valence-corrected chi connectivity index (χ2v) is 4.03. The number of rotatable bonds is 5. The first-order chi connectivity index (χ1) is 7.72. The van der Waals surface area contributed by atoms with Crippen LogP contribution in [0.3, 0.4) is 0 Å². The Kier molecular flexibility index (Phi) is 5.35. The summed E-state index contributed by atoms with van der Waals surface area (Å²) in [5, 5.41) is 0. The van der Waals surface area contributed by atoms with E-state index in [2.05, 4.69) is 62.1 Å². The van der Waals surface area contributed by atoms with Crippen molar-refractivity contribution in [2.24, 2.45) is 0 Å². The lowest BCUT2D eigenvalue weighted by atomic mass is 10.0. The maximum absolute atomic E-state index is 3.87. The van der Waals surface area contributed by atoms with Gasteiger partial charge in [-0.15, -0.1) is 0 Å². The van der Waals surface area contributed by atoms with Crippen LogP contribution in [0.5, 0.6) is 0 Å². The molecule has 0 heterocycles. The van der Waals surface area contributed by atoms with E-state index in [4.69, 9.17) is 0 Å². The molecule has 0 N–H and O–H groups in total. The van der Waals surface area contributed by atoms with Crippen LogP contribution >= 0.6 is 0 Å². The molecule has 0 atom stereocenters. The first kappa shape index (κ1) is 12.5. The third-order valence-corrected chi connectivity index (χ3v) is 2.50. The van der Waals surface area contributed by atoms with Crippen molar-refractivity contribution in [2.45, 2.75) is 26.7 Å². The minimum Gasteiger partial charge on any atom is -0.0961 e. The maximum atomic E-state index is 3.87. The first-order valence-corrected chi connectivity index (χ1v) is 5.75. The number of allylic oxidation sites excluding steroid dienone is 5. The third kappa shape index (κ3) is 4.79. The van der Waals surface area contributed by atoms with Gasteiger partial charge in [-0.05, 0) is 32.3 Å². The molecule has 0 aliphatic carbocycles. The maximum Gasteiger partial charge on any atom is -0.0238 e. The van der Waals surface area contributed by atoms with Crippen molar-refractivity contribution in [1.29, 1.82) is 0 Å². The van der Waals surface area contributed by atoms with Crippen LogP contribution in [0.4, 0.5) is 0 Å². The zero-order chi connectivity index (χ0) is 11.8. The van der Waals surface area contributed by atoms with Gasteiger partial charge in [-0.1, -0.05) is 66.3 Å². The van der Waals surface area contributed by atoms with E-state index in [0.29, 0.717) is 0 Å². The molecule has 0 amide bonds. The summed E-state index contributed by atoms with van der Waals surface area (Å²) in [6.07, 6.45) is 8.58. The van der Waals surface area contributed by atoms with Gasteiger partial charge in [0.05, 0.1) is 0 Å². The van der Waals surface area contributed by atoms with Crippen molar-refractivity contribution >= 4 is 0 Å². The molecule has 0 fully saturated rings. The van der Waals surface area contributed by atoms with Gasteiger partial charge in [-0.3, -0.25) is 0 Å². The normalized spacial score (nSPS) is 12.0. The fourth-order valence-corrected chi connectivity index (χ4v) is 1.51. The molecule has 0 aromatic heterocycles. The molecule has 0 nitrogen and oxygen atoms in total. The van der Waals surface area contributed by atoms with E-state index in [1.807, 2.05) is 6.92 Å². The number of hydrogen-bond acceptors (Lipinski definition) is 0. The van der Waals surface area contributed by atoms with E-state index >= 15 is 0 Å². The Hall–Kier alpha value is -1.56. The van der Waals surface area contributed by atoms with Crippen LogP contribution in [0.15, 0.2) is 66.3 Å². The SMILES string of the molecule is C=C(C)C=CC(=CC)CCc1ccccc1. The minimum absolute atomic E-state index is 1.09. The molecular weight excluding hydrogens is 192 g/mol. The second-order valence-electron chi connectivity index (χ2n) is 4.03. The van der Waals surface area contributed by atoms with Gasteiger partial charge in [0, 0.05) is 0 Å². The summed E-state index contributed by atoms with van der Waals surface area (Å²) in [6.45, 7) is 7.97. The Morgan fingerprint density at radius 2 is 1.88 bits per heavy atom. The first-order valence-electron chi connectivity index (χ1n) is 5.75. The lowest BCUT2D eigenvalue weighted by Crippen LogP contribution is -1.86. The van der Waals surface area contributed by atoms with E-state index in [1.165, 1.54) is 11.1 Å². The standard InChI is InChI=1S/C16H20/c1-4-15(11-10-14(2)3)12-13-16-8-6-5-7-9-16/h4-11H,2,12-13H2,1,3H3. The second kappa shape index (κ2) is 6.84. The molecule has 0 aliphatic heterocycles. The summed E-state index contributed by atoms with van der Waals surface area (Å²) in [5.74, 6) is 0. The number of benzene rings is 1. The van der Waals surface area contributed by atoms with Crippen LogP contribution in [0.2, 0.25) is 0 Å². The molecule has 1 aromatic carbocycles. The Labute approximate surface area is 99.0 Å². The fraction of sp³-hybridized carbons (Fsp3) is 0.250. The van der Waals surface area contributed by atoms with Gasteiger partial charge < -0.3 is 0 Å². The average Bonchev–Trinajstić information content (AvgIpc) is 2.30. The van der Waals surface area contributed by atoms with Crippen LogP contribution in [-0.2, 0) is 6.42 Å². The highest BCUT2D eigenvalue weighted by Crippen LogP contribution is 2.11. The van der Waals surface area contributed by atoms with Crippen molar-refractivity contribution in [3.05, 3.63) is 71.8 Å². The highest BCUT2D eigenvalue weighted by Gasteiger charge is 1.94. The van der Waals surface area contributed by atoms with Crippen molar-refractivity contribution in [2.75, 3.05) is 0 Å². The largest absolute Gasteiger partial charge is 0.0961 e. The molecule has 1 rings (SSSR count). The molecule has 16 heavy (non-hydrogen) atoms. The molecule has 0 spiro atoms. The molecule has 0 saturated heterocycles. The van der Waals surface area contributed by atoms with Gasteiger partial charge in [0.25, 0.3) is 0 Å². The van der Waals surface area contributed by atoms with E-state index in [9.17, 15) is 0 Å². The number of hydrogen-bond donors (Lipinski definition) is 0. The van der Waals surface area contributed by atoms with Gasteiger partial charge in [0.1, 0.15) is 0 Å². The van der Waals surface area contributed by atoms with Crippen molar-refractivity contribution in [1.82, 2.24) is 0 Å². The zero-order valence-corrected chi connectivity index (χ0v) is 10.2. The molecule has 0 radical (unpaired) electrons. The van der Waals surface area contributed by atoms with E-state index in [1.54, 1.807) is 0 Å². The van der Waals surface area contributed by atoms with Crippen LogP contribution in [0.1, 0.15) is 25.8 Å². The Morgan fingerprint density at radius 1 is 1.19 bits per heavy atom. The van der Waals surface area contributed by atoms with E-state index in [-0.39, 0.29) is 0 Å². The van der Waals surface area contributed by atoms with Gasteiger partial charge in [-0.2, -0.15) is 0 Å². The summed E-state index contributed by atoms with van der Waals surface area (Å²) in [7, 11) is 0. The summed E-state index contributed by atoms with van der Waals surface area (Å²) < 4.78 is 0. The lowest BCUT2D eigenvalue weighted by Gasteiger charge is -2.02. The summed E-state index contributed by atoms with van der Waals surface area (Å²) in [6, 6.07) is 10.6. The molecule has 0 aliphatic rings. The lowest BCUT2D eigenvalue weighted by molar-refractivity contribution is 0.962. The predicted molar refractivity (Wildman–Crippen MR) is 72.5 cm³/mol. The van der Waals surface area contributed by atoms with Crippen LogP contribution in [0.25, 0.3) is 0 Å². The van der Waals surface area contributed by atoms with Crippen LogP contribution in [0, 0.1) is 0 Å². The Balaban J connectivity index is 2.50. The van der Waals surface area contributed by atoms with Crippen LogP contribution in [-0.4, -0.2) is 0 Å². The quantitative estimate of drug-likeness (QED) is 0.621. The average molecular weight is 212 g/mol. The third-order valence-electron chi connectivity index (χ3n) is 2.50.